The molecule has 0 unspecified atom stereocenters. The summed E-state index contributed by atoms with van der Waals surface area (Å²) in [6, 6.07) is 19.3. The van der Waals surface area contributed by atoms with Gasteiger partial charge in [0.25, 0.3) is 0 Å². The molecule has 0 atom stereocenters. The zero-order valence-electron chi connectivity index (χ0n) is 14.9. The van der Waals surface area contributed by atoms with Gasteiger partial charge in [-0.15, -0.1) is 0 Å². The molecular formula is C21H28OSi. The lowest BCUT2D eigenvalue weighted by atomic mass is 10.2. The Morgan fingerprint density at radius 2 is 1.39 bits per heavy atom. The van der Waals surface area contributed by atoms with Crippen molar-refractivity contribution in [1.29, 1.82) is 0 Å². The minimum Gasteiger partial charge on any atom is -0.497 e. The molecule has 0 amide bonds. The molecule has 0 radical (unpaired) electrons. The highest BCUT2D eigenvalue weighted by Crippen LogP contribution is 2.34. The third-order valence-electron chi connectivity index (χ3n) is 4.85. The summed E-state index contributed by atoms with van der Waals surface area (Å²) in [5.41, 5.74) is 5.07. The summed E-state index contributed by atoms with van der Waals surface area (Å²) in [5, 5.41) is 1.48. The van der Waals surface area contributed by atoms with Crippen molar-refractivity contribution in [2.45, 2.75) is 38.8 Å². The number of hydrogen-bond acceptors (Lipinski definition) is 1. The van der Waals surface area contributed by atoms with Gasteiger partial charge in [-0.25, -0.2) is 0 Å². The first-order valence-electron chi connectivity index (χ1n) is 8.39. The van der Waals surface area contributed by atoms with Gasteiger partial charge in [0.05, 0.1) is 7.11 Å². The van der Waals surface area contributed by atoms with Gasteiger partial charge >= 0.3 is 0 Å². The molecule has 0 aliphatic heterocycles. The van der Waals surface area contributed by atoms with E-state index < -0.39 is 8.07 Å². The molecule has 2 aromatic carbocycles. The van der Waals surface area contributed by atoms with Crippen molar-refractivity contribution in [3.8, 4) is 5.75 Å². The van der Waals surface area contributed by atoms with Crippen LogP contribution in [0, 0.1) is 0 Å². The maximum atomic E-state index is 5.33. The van der Waals surface area contributed by atoms with Gasteiger partial charge in [0, 0.05) is 0 Å². The minimum absolute atomic E-state index is 0.635. The van der Waals surface area contributed by atoms with Crippen molar-refractivity contribution < 1.29 is 4.74 Å². The first kappa shape index (κ1) is 17.5. The molecule has 0 saturated carbocycles. The lowest BCUT2D eigenvalue weighted by molar-refractivity contribution is 0.415. The summed E-state index contributed by atoms with van der Waals surface area (Å²) >= 11 is 0. The van der Waals surface area contributed by atoms with E-state index in [0.717, 1.165) is 5.75 Å². The molecule has 23 heavy (non-hydrogen) atoms. The molecule has 0 aromatic heterocycles. The number of rotatable bonds is 6. The van der Waals surface area contributed by atoms with E-state index in [0.29, 0.717) is 11.1 Å². The van der Waals surface area contributed by atoms with E-state index in [1.807, 2.05) is 0 Å². The average Bonchev–Trinajstić information content (AvgIpc) is 2.56. The van der Waals surface area contributed by atoms with Crippen LogP contribution in [0.2, 0.25) is 11.1 Å². The molecule has 122 valence electrons. The third kappa shape index (κ3) is 3.76. The molecule has 2 aromatic rings. The van der Waals surface area contributed by atoms with E-state index >= 15 is 0 Å². The number of ether oxygens (including phenoxy) is 1. The second-order valence-electron chi connectivity index (χ2n) is 6.71. The molecular weight excluding hydrogens is 296 g/mol. The first-order valence-corrected chi connectivity index (χ1v) is 10.6. The van der Waals surface area contributed by atoms with Crippen LogP contribution in [0.3, 0.4) is 0 Å². The van der Waals surface area contributed by atoms with Crippen molar-refractivity contribution >= 4 is 19.3 Å². The molecule has 0 aliphatic carbocycles. The third-order valence-corrected chi connectivity index (χ3v) is 10.7. The molecule has 0 aliphatic rings. The summed E-state index contributed by atoms with van der Waals surface area (Å²) in [7, 11) is -0.0588. The Kier molecular flexibility index (Phi) is 5.84. The summed E-state index contributed by atoms with van der Waals surface area (Å²) < 4.78 is 5.33. The Bertz CT molecular complexity index is 619. The van der Waals surface area contributed by atoms with Gasteiger partial charge in [-0.05, 0) is 28.8 Å². The Morgan fingerprint density at radius 3 is 1.87 bits per heavy atom. The lowest BCUT2D eigenvalue weighted by Crippen LogP contribution is -2.51. The molecule has 2 heteroatoms. The van der Waals surface area contributed by atoms with E-state index in [1.165, 1.54) is 10.8 Å². The topological polar surface area (TPSA) is 9.23 Å². The highest BCUT2D eigenvalue weighted by atomic mass is 28.3. The van der Waals surface area contributed by atoms with Gasteiger partial charge in [-0.1, -0.05) is 87.1 Å². The van der Waals surface area contributed by atoms with Crippen LogP contribution in [0.15, 0.2) is 60.3 Å². The maximum Gasteiger partial charge on any atom is 0.118 e. The van der Waals surface area contributed by atoms with Crippen molar-refractivity contribution in [3.05, 3.63) is 65.9 Å². The van der Waals surface area contributed by atoms with Crippen LogP contribution in [-0.4, -0.2) is 15.2 Å². The average molecular weight is 325 g/mol. The molecule has 0 N–H and O–H groups in total. The summed E-state index contributed by atoms with van der Waals surface area (Å²) in [6.45, 7) is 9.47. The molecule has 0 saturated heterocycles. The molecule has 2 rings (SSSR count). The molecule has 1 nitrogen and oxygen atoms in total. The van der Waals surface area contributed by atoms with Crippen LogP contribution >= 0.6 is 0 Å². The second kappa shape index (κ2) is 7.65. The van der Waals surface area contributed by atoms with Gasteiger partial charge in [-0.3, -0.25) is 0 Å². The normalized spacial score (nSPS) is 12.3. The molecule has 0 spiro atoms. The fourth-order valence-corrected chi connectivity index (χ4v) is 8.33. The summed E-state index contributed by atoms with van der Waals surface area (Å²) in [6.07, 6.45) is 2.32. The van der Waals surface area contributed by atoms with Crippen molar-refractivity contribution in [2.75, 3.05) is 7.11 Å². The predicted octanol–water partition coefficient (Wildman–Crippen LogP) is 5.42. The largest absolute Gasteiger partial charge is 0.497 e. The zero-order valence-corrected chi connectivity index (χ0v) is 15.9. The van der Waals surface area contributed by atoms with Crippen molar-refractivity contribution in [1.82, 2.24) is 0 Å². The first-order chi connectivity index (χ1) is 11.0. The second-order valence-corrected chi connectivity index (χ2v) is 11.8. The highest BCUT2D eigenvalue weighted by Gasteiger charge is 2.39. The Hall–Kier alpha value is -1.80. The SMILES string of the molecule is COc1ccc([Si](/C=C/c2ccccc2)(C(C)C)C(C)C)cc1. The van der Waals surface area contributed by atoms with Gasteiger partial charge < -0.3 is 4.74 Å². The zero-order chi connectivity index (χ0) is 16.9. The smallest absolute Gasteiger partial charge is 0.118 e. The van der Waals surface area contributed by atoms with Crippen LogP contribution in [0.5, 0.6) is 5.75 Å². The van der Waals surface area contributed by atoms with Gasteiger partial charge in [-0.2, -0.15) is 0 Å². The van der Waals surface area contributed by atoms with Crippen LogP contribution < -0.4 is 9.92 Å². The number of methoxy groups -OCH3 is 1. The van der Waals surface area contributed by atoms with E-state index in [4.69, 9.17) is 4.74 Å². The highest BCUT2D eigenvalue weighted by molar-refractivity contribution is 6.98. The summed E-state index contributed by atoms with van der Waals surface area (Å²) in [5.74, 6) is 0.927. The van der Waals surface area contributed by atoms with E-state index in [1.54, 1.807) is 7.11 Å². The Balaban J connectivity index is 2.48. The number of benzene rings is 2. The van der Waals surface area contributed by atoms with E-state index in [9.17, 15) is 0 Å². The Morgan fingerprint density at radius 1 is 0.826 bits per heavy atom. The minimum atomic E-state index is -1.78. The van der Waals surface area contributed by atoms with Gasteiger partial charge in [0.15, 0.2) is 0 Å². The van der Waals surface area contributed by atoms with Crippen LogP contribution in [0.25, 0.3) is 6.08 Å². The van der Waals surface area contributed by atoms with Crippen molar-refractivity contribution in [3.63, 3.8) is 0 Å². The Labute approximate surface area is 142 Å². The number of hydrogen-bond donors (Lipinski definition) is 0. The van der Waals surface area contributed by atoms with Crippen LogP contribution in [0.1, 0.15) is 33.3 Å². The van der Waals surface area contributed by atoms with Gasteiger partial charge in [0.2, 0.25) is 0 Å². The van der Waals surface area contributed by atoms with E-state index in [-0.39, 0.29) is 0 Å². The summed E-state index contributed by atoms with van der Waals surface area (Å²) in [4.78, 5) is 0. The fourth-order valence-electron chi connectivity index (χ4n) is 3.49. The molecule has 0 bridgehead atoms. The predicted molar refractivity (Wildman–Crippen MR) is 104 cm³/mol. The van der Waals surface area contributed by atoms with Crippen LogP contribution in [0.4, 0.5) is 0 Å². The molecule has 0 fully saturated rings. The standard InChI is InChI=1S/C21H28OSi/c1-17(2)23(18(3)4,16-15-19-9-7-6-8-10-19)21-13-11-20(22-5)12-14-21/h6-18H,1-5H3/b16-15+. The van der Waals surface area contributed by atoms with E-state index in [2.05, 4.69) is 94.1 Å². The van der Waals surface area contributed by atoms with Crippen LogP contribution in [-0.2, 0) is 0 Å². The van der Waals surface area contributed by atoms with Crippen molar-refractivity contribution in [2.24, 2.45) is 0 Å². The lowest BCUT2D eigenvalue weighted by Gasteiger charge is -2.37. The fraction of sp³-hybridized carbons (Fsp3) is 0.333. The molecule has 0 heterocycles. The monoisotopic (exact) mass is 324 g/mol. The van der Waals surface area contributed by atoms with Gasteiger partial charge in [0.1, 0.15) is 13.8 Å². The quantitative estimate of drug-likeness (QED) is 0.644. The maximum absolute atomic E-state index is 5.33.